The van der Waals surface area contributed by atoms with Crippen LogP contribution in [0, 0.1) is 0 Å². The summed E-state index contributed by atoms with van der Waals surface area (Å²) in [5, 5.41) is 0. The van der Waals surface area contributed by atoms with Gasteiger partial charge in [0.15, 0.2) is 0 Å². The second-order valence-electron chi connectivity index (χ2n) is 6.60. The Hall–Kier alpha value is -3.01. The minimum atomic E-state index is -0.115. The third-order valence-electron chi connectivity index (χ3n) is 4.46. The highest BCUT2D eigenvalue weighted by atomic mass is 16.5. The van der Waals surface area contributed by atoms with Crippen molar-refractivity contribution in [2.45, 2.75) is 19.5 Å². The molecule has 0 spiro atoms. The minimum Gasteiger partial charge on any atom is -0.487 e. The maximum absolute atomic E-state index is 12.4. The number of pyridine rings is 2. The van der Waals surface area contributed by atoms with Crippen LogP contribution in [0.15, 0.2) is 72.3 Å². The molecule has 27 heavy (non-hydrogen) atoms. The molecule has 4 nitrogen and oxygen atoms in total. The molecule has 0 N–H and O–H groups in total. The van der Waals surface area contributed by atoms with E-state index in [1.807, 2.05) is 20.0 Å². The summed E-state index contributed by atoms with van der Waals surface area (Å²) in [6.07, 6.45) is 4.55. The summed E-state index contributed by atoms with van der Waals surface area (Å²) in [5.41, 5.74) is 5.05. The van der Waals surface area contributed by atoms with Crippen LogP contribution < -0.4 is 15.8 Å². The van der Waals surface area contributed by atoms with E-state index in [0.29, 0.717) is 18.9 Å². The van der Waals surface area contributed by atoms with E-state index in [1.54, 1.807) is 23.0 Å². The first-order valence-electron chi connectivity index (χ1n) is 9.07. The lowest BCUT2D eigenvalue weighted by molar-refractivity contribution is 0.300. The highest BCUT2D eigenvalue weighted by Crippen LogP contribution is 2.16. The number of ether oxygens (including phenoxy) is 1. The molecule has 0 aliphatic rings. The second kappa shape index (κ2) is 8.58. The smallest absolute Gasteiger partial charge is 0.254 e. The van der Waals surface area contributed by atoms with Crippen molar-refractivity contribution in [3.8, 4) is 5.75 Å². The van der Waals surface area contributed by atoms with E-state index in [4.69, 9.17) is 4.74 Å². The van der Waals surface area contributed by atoms with Crippen molar-refractivity contribution in [1.29, 1.82) is 0 Å². The highest BCUT2D eigenvalue weighted by Gasteiger charge is 2.05. The van der Waals surface area contributed by atoms with Crippen molar-refractivity contribution in [3.63, 3.8) is 0 Å². The Kier molecular flexibility index (Phi) is 5.97. The summed E-state index contributed by atoms with van der Waals surface area (Å²) < 4.78 is 7.32. The van der Waals surface area contributed by atoms with Crippen molar-refractivity contribution >= 4 is 26.7 Å². The first-order valence-corrected chi connectivity index (χ1v) is 9.07. The van der Waals surface area contributed by atoms with Gasteiger partial charge in [0.2, 0.25) is 0 Å². The van der Waals surface area contributed by atoms with Gasteiger partial charge in [-0.15, -0.1) is 0 Å². The Balaban J connectivity index is 1.64. The zero-order valence-corrected chi connectivity index (χ0v) is 15.8. The average molecular weight is 356 g/mol. The first kappa shape index (κ1) is 18.8. The Labute approximate surface area is 161 Å². The van der Waals surface area contributed by atoms with E-state index in [-0.39, 0.29) is 5.56 Å². The average Bonchev–Trinajstić information content (AvgIpc) is 2.69. The number of allylic oxidation sites excluding steroid dienone is 1. The lowest BCUT2D eigenvalue weighted by atomic mass is 9.95. The molecule has 3 rings (SSSR count). The number of benzene rings is 1. The van der Waals surface area contributed by atoms with Gasteiger partial charge in [-0.3, -0.25) is 9.78 Å². The second-order valence-corrected chi connectivity index (χ2v) is 6.60. The van der Waals surface area contributed by atoms with E-state index >= 15 is 0 Å². The molecule has 2 heterocycles. The lowest BCUT2D eigenvalue weighted by Crippen LogP contribution is -2.19. The van der Waals surface area contributed by atoms with Gasteiger partial charge in [-0.05, 0) is 23.3 Å². The third kappa shape index (κ3) is 5.00. The molecule has 1 aromatic carbocycles. The van der Waals surface area contributed by atoms with Crippen LogP contribution in [0.5, 0.6) is 5.75 Å². The van der Waals surface area contributed by atoms with E-state index in [0.717, 1.165) is 28.6 Å². The quantitative estimate of drug-likeness (QED) is 0.592. The number of hydrogen-bond donors (Lipinski definition) is 0. The fourth-order valence-electron chi connectivity index (χ4n) is 2.72. The molecule has 3 aromatic rings. The van der Waals surface area contributed by atoms with Crippen LogP contribution in [0.3, 0.4) is 0 Å². The molecule has 0 saturated carbocycles. The normalized spacial score (nSPS) is 10.5. The van der Waals surface area contributed by atoms with E-state index in [1.165, 1.54) is 11.6 Å². The van der Waals surface area contributed by atoms with E-state index in [9.17, 15) is 4.79 Å². The maximum Gasteiger partial charge on any atom is 0.254 e. The summed E-state index contributed by atoms with van der Waals surface area (Å²) in [5.74, 6) is 0.538. The number of aromatic nitrogens is 2. The summed E-state index contributed by atoms with van der Waals surface area (Å²) >= 11 is 0. The van der Waals surface area contributed by atoms with Gasteiger partial charge in [-0.1, -0.05) is 54.3 Å². The topological polar surface area (TPSA) is 44.1 Å². The SMILES string of the molecule is BCc1ccc(C(=C)Cn2ccc(OCc3ccc(B)cn3)cc2=O)cc1. The van der Waals surface area contributed by atoms with Gasteiger partial charge >= 0.3 is 0 Å². The van der Waals surface area contributed by atoms with Crippen molar-refractivity contribution in [2.24, 2.45) is 0 Å². The van der Waals surface area contributed by atoms with Gasteiger partial charge < -0.3 is 9.30 Å². The first-order chi connectivity index (χ1) is 13.0. The molecule has 0 aliphatic carbocycles. The molecule has 134 valence electrons. The van der Waals surface area contributed by atoms with Crippen LogP contribution in [0.1, 0.15) is 16.8 Å². The molecular weight excluding hydrogens is 334 g/mol. The minimum absolute atomic E-state index is 0.115. The van der Waals surface area contributed by atoms with Crippen LogP contribution in [0.4, 0.5) is 0 Å². The Bertz CT molecular complexity index is 980. The summed E-state index contributed by atoms with van der Waals surface area (Å²) in [6, 6.07) is 15.5. The molecule has 0 atom stereocenters. The Morgan fingerprint density at radius 3 is 2.56 bits per heavy atom. The van der Waals surface area contributed by atoms with Gasteiger partial charge in [0.05, 0.1) is 12.2 Å². The molecule has 0 fully saturated rings. The fraction of sp³-hybridized carbons (Fsp3) is 0.143. The van der Waals surface area contributed by atoms with Gasteiger partial charge in [-0.25, -0.2) is 0 Å². The van der Waals surface area contributed by atoms with Gasteiger partial charge in [0.25, 0.3) is 5.56 Å². The molecule has 0 unspecified atom stereocenters. The van der Waals surface area contributed by atoms with Crippen LogP contribution in [-0.4, -0.2) is 25.2 Å². The Morgan fingerprint density at radius 2 is 1.93 bits per heavy atom. The van der Waals surface area contributed by atoms with Crippen LogP contribution >= 0.6 is 0 Å². The Morgan fingerprint density at radius 1 is 1.15 bits per heavy atom. The molecule has 0 bridgehead atoms. The molecule has 0 radical (unpaired) electrons. The van der Waals surface area contributed by atoms with E-state index < -0.39 is 0 Å². The molecular formula is C21H22B2N2O2. The van der Waals surface area contributed by atoms with Crippen molar-refractivity contribution in [2.75, 3.05) is 0 Å². The highest BCUT2D eigenvalue weighted by molar-refractivity contribution is 6.32. The molecule has 2 aromatic heterocycles. The fourth-order valence-corrected chi connectivity index (χ4v) is 2.72. The van der Waals surface area contributed by atoms with Gasteiger partial charge in [0.1, 0.15) is 28.0 Å². The van der Waals surface area contributed by atoms with Gasteiger partial charge in [0, 0.05) is 18.5 Å². The largest absolute Gasteiger partial charge is 0.487 e. The zero-order valence-electron chi connectivity index (χ0n) is 15.8. The number of rotatable bonds is 7. The zero-order chi connectivity index (χ0) is 19.2. The van der Waals surface area contributed by atoms with Gasteiger partial charge in [-0.2, -0.15) is 0 Å². The maximum atomic E-state index is 12.4. The molecule has 0 aliphatic heterocycles. The molecule has 0 saturated heterocycles. The van der Waals surface area contributed by atoms with Crippen LogP contribution in [0.25, 0.3) is 5.57 Å². The summed E-state index contributed by atoms with van der Waals surface area (Å²) in [6.45, 7) is 4.91. The van der Waals surface area contributed by atoms with Crippen LogP contribution in [0.2, 0.25) is 0 Å². The summed E-state index contributed by atoms with van der Waals surface area (Å²) in [4.78, 5) is 16.7. The summed E-state index contributed by atoms with van der Waals surface area (Å²) in [7, 11) is 4.12. The monoisotopic (exact) mass is 356 g/mol. The predicted molar refractivity (Wildman–Crippen MR) is 115 cm³/mol. The molecule has 6 heteroatoms. The lowest BCUT2D eigenvalue weighted by Gasteiger charge is -2.11. The van der Waals surface area contributed by atoms with Crippen molar-refractivity contribution in [3.05, 3.63) is 94.7 Å². The van der Waals surface area contributed by atoms with E-state index in [2.05, 4.69) is 43.7 Å². The third-order valence-corrected chi connectivity index (χ3v) is 4.46. The predicted octanol–water partition coefficient (Wildman–Crippen LogP) is 0.927. The number of hydrogen-bond acceptors (Lipinski definition) is 3. The van der Waals surface area contributed by atoms with Crippen molar-refractivity contribution < 1.29 is 4.74 Å². The number of nitrogens with zero attached hydrogens (tertiary/aromatic N) is 2. The standard InChI is InChI=1S/C21H22B2N2O2/c1-15(17-4-2-16(11-22)3-5-17)13-25-9-8-20(10-21(25)26)27-14-19-7-6-18(23)12-24-19/h2-10,12H,1,11,13-14,22-23H2. The van der Waals surface area contributed by atoms with Crippen molar-refractivity contribution in [1.82, 2.24) is 9.55 Å². The van der Waals surface area contributed by atoms with Crippen LogP contribution in [-0.2, 0) is 19.5 Å². The molecule has 0 amide bonds.